The lowest BCUT2D eigenvalue weighted by Crippen LogP contribution is -2.30. The van der Waals surface area contributed by atoms with Crippen molar-refractivity contribution in [2.75, 3.05) is 0 Å². The molecule has 0 spiro atoms. The SMILES string of the molecule is Cc1cc2cc(C(C)C)ccc2nc1C(C)(C)C(=O)O. The molecular formula is C17H21NO2. The normalized spacial score (nSPS) is 12.1. The van der Waals surface area contributed by atoms with Gasteiger partial charge in [0.2, 0.25) is 0 Å². The number of rotatable bonds is 3. The zero-order valence-corrected chi connectivity index (χ0v) is 12.7. The maximum atomic E-state index is 11.4. The van der Waals surface area contributed by atoms with Crippen LogP contribution in [0.5, 0.6) is 0 Å². The van der Waals surface area contributed by atoms with Crippen molar-refractivity contribution in [2.45, 2.75) is 46.0 Å². The van der Waals surface area contributed by atoms with Crippen molar-refractivity contribution in [1.29, 1.82) is 0 Å². The summed E-state index contributed by atoms with van der Waals surface area (Å²) in [6.45, 7) is 9.62. The highest BCUT2D eigenvalue weighted by Gasteiger charge is 2.32. The Balaban J connectivity index is 2.65. The van der Waals surface area contributed by atoms with Gasteiger partial charge in [0.25, 0.3) is 0 Å². The molecule has 0 unspecified atom stereocenters. The van der Waals surface area contributed by atoms with Crippen molar-refractivity contribution in [1.82, 2.24) is 4.98 Å². The summed E-state index contributed by atoms with van der Waals surface area (Å²) in [5.41, 5.74) is 2.70. The molecule has 0 amide bonds. The Bertz CT molecular complexity index is 672. The van der Waals surface area contributed by atoms with Crippen LogP contribution in [0.2, 0.25) is 0 Å². The molecule has 2 rings (SSSR count). The Morgan fingerprint density at radius 2 is 1.90 bits per heavy atom. The molecule has 3 nitrogen and oxygen atoms in total. The van der Waals surface area contributed by atoms with E-state index in [-0.39, 0.29) is 0 Å². The van der Waals surface area contributed by atoms with Crippen molar-refractivity contribution in [3.8, 4) is 0 Å². The van der Waals surface area contributed by atoms with Gasteiger partial charge in [-0.2, -0.15) is 0 Å². The monoisotopic (exact) mass is 271 g/mol. The molecule has 0 aliphatic carbocycles. The minimum Gasteiger partial charge on any atom is -0.481 e. The summed E-state index contributed by atoms with van der Waals surface area (Å²) in [5, 5.41) is 10.4. The average Bonchev–Trinajstić information content (AvgIpc) is 2.36. The minimum atomic E-state index is -0.977. The van der Waals surface area contributed by atoms with Gasteiger partial charge in [-0.25, -0.2) is 0 Å². The Kier molecular flexibility index (Phi) is 3.55. The number of benzene rings is 1. The highest BCUT2D eigenvalue weighted by molar-refractivity contribution is 5.84. The first-order chi connectivity index (χ1) is 9.23. The lowest BCUT2D eigenvalue weighted by Gasteiger charge is -2.21. The molecule has 1 N–H and O–H groups in total. The number of aliphatic carboxylic acids is 1. The van der Waals surface area contributed by atoms with Crippen LogP contribution in [-0.4, -0.2) is 16.1 Å². The molecule has 0 fully saturated rings. The zero-order valence-electron chi connectivity index (χ0n) is 12.7. The summed E-state index contributed by atoms with van der Waals surface area (Å²) < 4.78 is 0. The van der Waals surface area contributed by atoms with Crippen molar-refractivity contribution in [2.24, 2.45) is 0 Å². The molecule has 0 aliphatic heterocycles. The number of fused-ring (bicyclic) bond motifs is 1. The Morgan fingerprint density at radius 1 is 1.25 bits per heavy atom. The topological polar surface area (TPSA) is 50.2 Å². The average molecular weight is 271 g/mol. The molecule has 1 aromatic heterocycles. The van der Waals surface area contributed by atoms with E-state index in [9.17, 15) is 9.90 Å². The second kappa shape index (κ2) is 4.89. The fourth-order valence-corrected chi connectivity index (χ4v) is 2.39. The Labute approximate surface area is 119 Å². The standard InChI is InChI=1S/C17H21NO2/c1-10(2)12-6-7-14-13(9-12)8-11(3)15(18-14)17(4,5)16(19)20/h6-10H,1-5H3,(H,19,20). The number of pyridine rings is 1. The first-order valence-corrected chi connectivity index (χ1v) is 6.88. The molecule has 0 aliphatic rings. The van der Waals surface area contributed by atoms with E-state index >= 15 is 0 Å². The molecule has 20 heavy (non-hydrogen) atoms. The number of hydrogen-bond donors (Lipinski definition) is 1. The first kappa shape index (κ1) is 14.5. The molecule has 106 valence electrons. The third kappa shape index (κ3) is 2.40. The third-order valence-corrected chi connectivity index (χ3v) is 3.82. The second-order valence-corrected chi connectivity index (χ2v) is 6.19. The Morgan fingerprint density at radius 3 is 2.45 bits per heavy atom. The number of carboxylic acid groups (broad SMARTS) is 1. The fraction of sp³-hybridized carbons (Fsp3) is 0.412. The fourth-order valence-electron chi connectivity index (χ4n) is 2.39. The molecule has 1 aromatic carbocycles. The maximum Gasteiger partial charge on any atom is 0.315 e. The highest BCUT2D eigenvalue weighted by Crippen LogP contribution is 2.29. The van der Waals surface area contributed by atoms with Gasteiger partial charge in [-0.05, 0) is 56.0 Å². The summed E-state index contributed by atoms with van der Waals surface area (Å²) >= 11 is 0. The summed E-state index contributed by atoms with van der Waals surface area (Å²) in [6, 6.07) is 8.21. The van der Waals surface area contributed by atoms with E-state index in [1.165, 1.54) is 5.56 Å². The predicted molar refractivity (Wildman–Crippen MR) is 81.2 cm³/mol. The highest BCUT2D eigenvalue weighted by atomic mass is 16.4. The maximum absolute atomic E-state index is 11.4. The van der Waals surface area contributed by atoms with Gasteiger partial charge in [0.1, 0.15) is 5.41 Å². The second-order valence-electron chi connectivity index (χ2n) is 6.19. The van der Waals surface area contributed by atoms with Gasteiger partial charge in [0.05, 0.1) is 11.2 Å². The van der Waals surface area contributed by atoms with Gasteiger partial charge in [0.15, 0.2) is 0 Å². The van der Waals surface area contributed by atoms with Crippen molar-refractivity contribution < 1.29 is 9.90 Å². The number of aromatic nitrogens is 1. The smallest absolute Gasteiger partial charge is 0.315 e. The number of aryl methyl sites for hydroxylation is 1. The molecule has 1 heterocycles. The van der Waals surface area contributed by atoms with E-state index in [4.69, 9.17) is 0 Å². The molecule has 0 bridgehead atoms. The van der Waals surface area contributed by atoms with Crippen molar-refractivity contribution >= 4 is 16.9 Å². The van der Waals surface area contributed by atoms with Gasteiger partial charge in [-0.1, -0.05) is 19.9 Å². The van der Waals surface area contributed by atoms with Gasteiger partial charge in [0, 0.05) is 5.39 Å². The predicted octanol–water partition coefficient (Wildman–Crippen LogP) is 4.03. The van der Waals surface area contributed by atoms with E-state index in [2.05, 4.69) is 31.0 Å². The van der Waals surface area contributed by atoms with Crippen LogP contribution in [0.4, 0.5) is 0 Å². The lowest BCUT2D eigenvalue weighted by atomic mass is 9.86. The van der Waals surface area contributed by atoms with Gasteiger partial charge >= 0.3 is 5.97 Å². The minimum absolute atomic E-state index is 0.467. The van der Waals surface area contributed by atoms with Crippen LogP contribution >= 0.6 is 0 Å². The molecule has 0 atom stereocenters. The number of carbonyl (C=O) groups is 1. The summed E-state index contributed by atoms with van der Waals surface area (Å²) in [5.74, 6) is -0.388. The van der Waals surface area contributed by atoms with Crippen LogP contribution < -0.4 is 0 Å². The van der Waals surface area contributed by atoms with Gasteiger partial charge < -0.3 is 5.11 Å². The molecular weight excluding hydrogens is 250 g/mol. The number of nitrogens with zero attached hydrogens (tertiary/aromatic N) is 1. The largest absolute Gasteiger partial charge is 0.481 e. The van der Waals surface area contributed by atoms with Crippen LogP contribution in [0.1, 0.15) is 50.4 Å². The summed E-state index contributed by atoms with van der Waals surface area (Å²) in [7, 11) is 0. The molecule has 2 aromatic rings. The molecule has 0 radical (unpaired) electrons. The molecule has 3 heteroatoms. The van der Waals surface area contributed by atoms with E-state index in [0.29, 0.717) is 11.6 Å². The Hall–Kier alpha value is -1.90. The van der Waals surface area contributed by atoms with E-state index in [1.54, 1.807) is 13.8 Å². The molecule has 0 saturated carbocycles. The van der Waals surface area contributed by atoms with Crippen LogP contribution in [0.15, 0.2) is 24.3 Å². The van der Waals surface area contributed by atoms with Crippen LogP contribution in [-0.2, 0) is 10.2 Å². The first-order valence-electron chi connectivity index (χ1n) is 6.88. The zero-order chi connectivity index (χ0) is 15.1. The summed E-state index contributed by atoms with van der Waals surface area (Å²) in [4.78, 5) is 16.0. The van der Waals surface area contributed by atoms with E-state index in [1.807, 2.05) is 19.1 Å². The van der Waals surface area contributed by atoms with Gasteiger partial charge in [-0.15, -0.1) is 0 Å². The van der Waals surface area contributed by atoms with Crippen LogP contribution in [0, 0.1) is 6.92 Å². The molecule has 0 saturated heterocycles. The summed E-state index contributed by atoms with van der Waals surface area (Å²) in [6.07, 6.45) is 0. The van der Waals surface area contributed by atoms with Crippen molar-refractivity contribution in [3.05, 3.63) is 41.1 Å². The van der Waals surface area contributed by atoms with Gasteiger partial charge in [-0.3, -0.25) is 9.78 Å². The van der Waals surface area contributed by atoms with Crippen LogP contribution in [0.3, 0.4) is 0 Å². The van der Waals surface area contributed by atoms with Crippen molar-refractivity contribution in [3.63, 3.8) is 0 Å². The van der Waals surface area contributed by atoms with Crippen LogP contribution in [0.25, 0.3) is 10.9 Å². The third-order valence-electron chi connectivity index (χ3n) is 3.82. The quantitative estimate of drug-likeness (QED) is 0.917. The lowest BCUT2D eigenvalue weighted by molar-refractivity contribution is -0.142. The number of carboxylic acids is 1. The van der Waals surface area contributed by atoms with E-state index in [0.717, 1.165) is 16.5 Å². The van der Waals surface area contributed by atoms with E-state index < -0.39 is 11.4 Å². The number of hydrogen-bond acceptors (Lipinski definition) is 2.